The number of aromatic hydroxyl groups is 1. The highest BCUT2D eigenvalue weighted by atomic mass is 19.3. The van der Waals surface area contributed by atoms with Gasteiger partial charge in [-0.15, -0.1) is 6.42 Å². The molecule has 8 rings (SSSR count). The summed E-state index contributed by atoms with van der Waals surface area (Å²) in [6.07, 6.45) is 5.72. The first-order valence-electron chi connectivity index (χ1n) is 14.7. The van der Waals surface area contributed by atoms with Crippen molar-refractivity contribution in [1.82, 2.24) is 25.2 Å². The molecule has 0 amide bonds. The van der Waals surface area contributed by atoms with Gasteiger partial charge in [-0.2, -0.15) is 9.97 Å². The van der Waals surface area contributed by atoms with E-state index in [0.717, 1.165) is 0 Å². The number of rotatable bonds is 4. The average molecular weight is 603 g/mol. The summed E-state index contributed by atoms with van der Waals surface area (Å²) in [5, 5.41) is 15.4. The number of aromatic nitrogens is 3. The first kappa shape index (κ1) is 27.2. The molecule has 2 N–H and O–H groups in total. The second-order valence-electron chi connectivity index (χ2n) is 12.2. The molecule has 2 aromatic carbocycles. The van der Waals surface area contributed by atoms with Gasteiger partial charge in [0.2, 0.25) is 5.88 Å². The molecule has 12 heteroatoms. The molecule has 0 unspecified atom stereocenters. The van der Waals surface area contributed by atoms with Crippen LogP contribution in [0.25, 0.3) is 32.9 Å². The number of benzene rings is 2. The molecule has 3 atom stereocenters. The predicted molar refractivity (Wildman–Crippen MR) is 158 cm³/mol. The van der Waals surface area contributed by atoms with Gasteiger partial charge < -0.3 is 24.8 Å². The number of halogens is 3. The van der Waals surface area contributed by atoms with E-state index in [2.05, 4.69) is 21.2 Å². The highest BCUT2D eigenvalue weighted by Gasteiger charge is 2.60. The number of anilines is 1. The van der Waals surface area contributed by atoms with Crippen molar-refractivity contribution in [3.8, 4) is 41.2 Å². The highest BCUT2D eigenvalue weighted by molar-refractivity contribution is 6.04. The van der Waals surface area contributed by atoms with Gasteiger partial charge >= 0.3 is 6.01 Å². The van der Waals surface area contributed by atoms with Gasteiger partial charge in [0.15, 0.2) is 5.82 Å². The highest BCUT2D eigenvalue weighted by Crippen LogP contribution is 2.48. The van der Waals surface area contributed by atoms with Gasteiger partial charge in [-0.3, -0.25) is 4.90 Å². The number of ether oxygens (including phenoxy) is 2. The summed E-state index contributed by atoms with van der Waals surface area (Å²) < 4.78 is 57.9. The molecule has 3 fully saturated rings. The number of pyridine rings is 1. The third kappa shape index (κ3) is 4.06. The Bertz CT molecular complexity index is 1900. The summed E-state index contributed by atoms with van der Waals surface area (Å²) in [4.78, 5) is 17.7. The van der Waals surface area contributed by atoms with Crippen LogP contribution in [0.2, 0.25) is 0 Å². The van der Waals surface area contributed by atoms with E-state index in [9.17, 15) is 13.9 Å². The van der Waals surface area contributed by atoms with E-state index in [1.807, 2.05) is 11.8 Å². The lowest BCUT2D eigenvalue weighted by atomic mass is 9.85. The minimum atomic E-state index is -2.79. The van der Waals surface area contributed by atoms with Crippen molar-refractivity contribution >= 4 is 27.5 Å². The maximum absolute atomic E-state index is 16.9. The van der Waals surface area contributed by atoms with Crippen molar-refractivity contribution in [2.24, 2.45) is 0 Å². The number of nitrogens with one attached hydrogen (secondary N) is 1. The molecular formula is C32H29F3N6O3. The quantitative estimate of drug-likeness (QED) is 0.335. The fourth-order valence-electron chi connectivity index (χ4n) is 7.28. The molecule has 0 radical (unpaired) electrons. The third-order valence-corrected chi connectivity index (χ3v) is 9.48. The molecule has 4 aliphatic rings. The summed E-state index contributed by atoms with van der Waals surface area (Å²) in [5.74, 6) is -0.438. The largest absolute Gasteiger partial charge is 0.508 e. The third-order valence-electron chi connectivity index (χ3n) is 9.48. The van der Waals surface area contributed by atoms with E-state index >= 15 is 4.39 Å². The molecule has 6 heterocycles. The molecule has 0 bridgehead atoms. The predicted octanol–water partition coefficient (Wildman–Crippen LogP) is 4.09. The molecule has 0 saturated carbocycles. The number of alkyl halides is 2. The normalized spacial score (nSPS) is 25.5. The van der Waals surface area contributed by atoms with Crippen LogP contribution in [0.15, 0.2) is 30.3 Å². The van der Waals surface area contributed by atoms with Gasteiger partial charge in [-0.05, 0) is 36.9 Å². The zero-order valence-electron chi connectivity index (χ0n) is 23.9. The van der Waals surface area contributed by atoms with Crippen LogP contribution in [0.3, 0.4) is 0 Å². The van der Waals surface area contributed by atoms with Gasteiger partial charge in [-0.1, -0.05) is 18.1 Å². The van der Waals surface area contributed by atoms with E-state index in [1.165, 1.54) is 6.07 Å². The standard InChI is InChI=1S/C32H29F3N6O3/c1-3-18-5-4-6-19-11-20(42)12-21(23(18)19)26-25(33)27-24-28(41-10-8-36-13-22(41)17(2)44-29(24)37-26)39-30(38-27)43-16-31-7-9-40(31)15-32(34,35)14-31/h1,4-6,11-12,17,22,36,42H,7-10,13-16H2,2H3/t17-,22-,31-/m0/s1. The number of phenolic OH excluding ortho intramolecular Hbond substituents is 1. The van der Waals surface area contributed by atoms with Crippen molar-refractivity contribution in [2.45, 2.75) is 43.4 Å². The van der Waals surface area contributed by atoms with E-state index in [4.69, 9.17) is 20.9 Å². The second-order valence-corrected chi connectivity index (χ2v) is 12.2. The molecule has 9 nitrogen and oxygen atoms in total. The fourth-order valence-corrected chi connectivity index (χ4v) is 7.28. The van der Waals surface area contributed by atoms with Crippen molar-refractivity contribution < 1.29 is 27.8 Å². The van der Waals surface area contributed by atoms with Crippen LogP contribution in [0.5, 0.6) is 17.6 Å². The molecule has 4 aromatic rings. The molecular weight excluding hydrogens is 573 g/mol. The summed E-state index contributed by atoms with van der Waals surface area (Å²) in [6, 6.07) is 7.99. The Kier molecular flexibility index (Phi) is 5.93. The summed E-state index contributed by atoms with van der Waals surface area (Å²) in [7, 11) is 0. The molecule has 0 spiro atoms. The van der Waals surface area contributed by atoms with E-state index in [-0.39, 0.29) is 66.1 Å². The van der Waals surface area contributed by atoms with Crippen LogP contribution >= 0.6 is 0 Å². The van der Waals surface area contributed by atoms with Crippen molar-refractivity contribution in [3.05, 3.63) is 41.7 Å². The van der Waals surface area contributed by atoms with Crippen molar-refractivity contribution in [3.63, 3.8) is 0 Å². The van der Waals surface area contributed by atoms with Gasteiger partial charge in [-0.25, -0.2) is 18.2 Å². The Morgan fingerprint density at radius 3 is 2.84 bits per heavy atom. The Morgan fingerprint density at radius 1 is 1.20 bits per heavy atom. The van der Waals surface area contributed by atoms with E-state index < -0.39 is 17.3 Å². The Morgan fingerprint density at radius 2 is 2.07 bits per heavy atom. The fraction of sp³-hybridized carbons (Fsp3) is 0.406. The summed E-state index contributed by atoms with van der Waals surface area (Å²) in [5.41, 5.74) is -0.192. The Hall–Kier alpha value is -4.34. The Balaban J connectivity index is 1.33. The molecule has 3 saturated heterocycles. The molecule has 226 valence electrons. The first-order valence-corrected chi connectivity index (χ1v) is 14.7. The number of hydrogen-bond acceptors (Lipinski definition) is 9. The van der Waals surface area contributed by atoms with Gasteiger partial charge in [0, 0.05) is 49.1 Å². The molecule has 0 aliphatic carbocycles. The number of piperazine rings is 1. The number of phenols is 1. The summed E-state index contributed by atoms with van der Waals surface area (Å²) in [6.45, 7) is 3.99. The smallest absolute Gasteiger partial charge is 0.319 e. The SMILES string of the molecule is C#Cc1cccc2cc(O)cc(-c3nc4c5c(nc(OC[C@@]67CCN6CC(F)(F)C7)nc5c3F)N3CCNC[C@H]3[C@H](C)O4)c12. The van der Waals surface area contributed by atoms with Gasteiger partial charge in [0.05, 0.1) is 18.1 Å². The Labute approximate surface area is 251 Å². The second kappa shape index (κ2) is 9.58. The lowest BCUT2D eigenvalue weighted by molar-refractivity contribution is -0.0132. The van der Waals surface area contributed by atoms with Crippen LogP contribution in [0, 0.1) is 18.2 Å². The summed E-state index contributed by atoms with van der Waals surface area (Å²) >= 11 is 0. The van der Waals surface area contributed by atoms with Crippen LogP contribution < -0.4 is 19.7 Å². The topological polar surface area (TPSA) is 95.9 Å². The zero-order chi connectivity index (χ0) is 30.4. The zero-order valence-corrected chi connectivity index (χ0v) is 23.9. The maximum atomic E-state index is 16.9. The van der Waals surface area contributed by atoms with Crippen LogP contribution in [0.4, 0.5) is 19.0 Å². The number of terminal acetylenes is 1. The van der Waals surface area contributed by atoms with Gasteiger partial charge in [0.1, 0.15) is 40.9 Å². The minimum absolute atomic E-state index is 0.0411. The van der Waals surface area contributed by atoms with E-state index in [0.29, 0.717) is 60.1 Å². The lowest BCUT2D eigenvalue weighted by Crippen LogP contribution is -2.59. The maximum Gasteiger partial charge on any atom is 0.319 e. The molecule has 4 aliphatic heterocycles. The monoisotopic (exact) mass is 602 g/mol. The molecule has 44 heavy (non-hydrogen) atoms. The first-order chi connectivity index (χ1) is 21.2. The number of nitrogens with zero attached hydrogens (tertiary/aromatic N) is 5. The van der Waals surface area contributed by atoms with Crippen molar-refractivity contribution in [1.29, 1.82) is 0 Å². The minimum Gasteiger partial charge on any atom is -0.508 e. The lowest BCUT2D eigenvalue weighted by Gasteiger charge is -2.46. The van der Waals surface area contributed by atoms with Gasteiger partial charge in [0.25, 0.3) is 5.92 Å². The van der Waals surface area contributed by atoms with Crippen LogP contribution in [0.1, 0.15) is 25.3 Å². The molecule has 2 aromatic heterocycles. The van der Waals surface area contributed by atoms with E-state index in [1.54, 1.807) is 29.2 Å². The van der Waals surface area contributed by atoms with Crippen LogP contribution in [-0.2, 0) is 0 Å². The van der Waals surface area contributed by atoms with Crippen molar-refractivity contribution in [2.75, 3.05) is 44.2 Å². The number of hydrogen-bond donors (Lipinski definition) is 2. The number of fused-ring (bicyclic) bond motifs is 4. The van der Waals surface area contributed by atoms with Crippen LogP contribution in [-0.4, -0.2) is 87.9 Å². The average Bonchev–Trinajstić information content (AvgIpc) is 3.11.